The van der Waals surface area contributed by atoms with Crippen LogP contribution >= 0.6 is 0 Å². The molecule has 3 unspecified atom stereocenters. The van der Waals surface area contributed by atoms with Gasteiger partial charge in [-0.05, 0) is 32.1 Å². The van der Waals surface area contributed by atoms with Crippen LogP contribution in [0.15, 0.2) is 0 Å². The molecular formula is C12H23NO3S. The van der Waals surface area contributed by atoms with Crippen LogP contribution in [-0.4, -0.2) is 45.2 Å². The zero-order valence-corrected chi connectivity index (χ0v) is 11.3. The van der Waals surface area contributed by atoms with Gasteiger partial charge >= 0.3 is 0 Å². The van der Waals surface area contributed by atoms with Crippen LogP contribution in [0.4, 0.5) is 0 Å². The molecule has 0 amide bonds. The van der Waals surface area contributed by atoms with Crippen LogP contribution in [0.2, 0.25) is 0 Å². The Labute approximate surface area is 104 Å². The van der Waals surface area contributed by atoms with Gasteiger partial charge in [0.1, 0.15) is 9.84 Å². The van der Waals surface area contributed by atoms with Gasteiger partial charge in [0.2, 0.25) is 0 Å². The second-order valence-corrected chi connectivity index (χ2v) is 7.68. The molecule has 17 heavy (non-hydrogen) atoms. The number of hydrogen-bond donors (Lipinski definition) is 1. The van der Waals surface area contributed by atoms with Crippen LogP contribution in [0.25, 0.3) is 0 Å². The van der Waals surface area contributed by atoms with Gasteiger partial charge in [-0.25, -0.2) is 8.42 Å². The highest BCUT2D eigenvalue weighted by molar-refractivity contribution is 7.91. The number of sulfone groups is 1. The van der Waals surface area contributed by atoms with Gasteiger partial charge in [0, 0.05) is 25.4 Å². The molecule has 1 saturated carbocycles. The molecule has 2 fully saturated rings. The summed E-state index contributed by atoms with van der Waals surface area (Å²) in [5.41, 5.74) is 0. The van der Waals surface area contributed by atoms with Gasteiger partial charge in [-0.2, -0.15) is 0 Å². The van der Waals surface area contributed by atoms with Gasteiger partial charge in [-0.1, -0.05) is 6.42 Å². The number of ether oxygens (including phenoxy) is 1. The van der Waals surface area contributed by atoms with E-state index in [0.29, 0.717) is 12.1 Å². The summed E-state index contributed by atoms with van der Waals surface area (Å²) in [7, 11) is -2.87. The van der Waals surface area contributed by atoms with E-state index in [1.165, 1.54) is 6.26 Å². The summed E-state index contributed by atoms with van der Waals surface area (Å²) in [6.45, 7) is 1.75. The van der Waals surface area contributed by atoms with Crippen molar-refractivity contribution >= 4 is 9.84 Å². The molecule has 0 aromatic carbocycles. The maximum Gasteiger partial charge on any atom is 0.150 e. The summed E-state index contributed by atoms with van der Waals surface area (Å²) in [6, 6.07) is 0.354. The molecule has 0 spiro atoms. The smallest absolute Gasteiger partial charge is 0.150 e. The second kappa shape index (κ2) is 5.67. The highest BCUT2D eigenvalue weighted by Gasteiger charge is 2.29. The molecule has 0 bridgehead atoms. The van der Waals surface area contributed by atoms with Crippen LogP contribution in [0, 0.1) is 0 Å². The molecular weight excluding hydrogens is 238 g/mol. The lowest BCUT2D eigenvalue weighted by molar-refractivity contribution is 0.106. The van der Waals surface area contributed by atoms with Crippen molar-refractivity contribution in [1.82, 2.24) is 5.32 Å². The first-order valence-corrected chi connectivity index (χ1v) is 8.55. The van der Waals surface area contributed by atoms with Gasteiger partial charge in [-0.3, -0.25) is 0 Å². The molecule has 0 aromatic rings. The Morgan fingerprint density at radius 3 is 2.71 bits per heavy atom. The predicted molar refractivity (Wildman–Crippen MR) is 67.9 cm³/mol. The minimum atomic E-state index is -2.87. The Morgan fingerprint density at radius 1 is 1.24 bits per heavy atom. The maximum absolute atomic E-state index is 11.5. The minimum absolute atomic E-state index is 0.141. The summed E-state index contributed by atoms with van der Waals surface area (Å²) >= 11 is 0. The van der Waals surface area contributed by atoms with Crippen molar-refractivity contribution < 1.29 is 13.2 Å². The molecule has 100 valence electrons. The third kappa shape index (κ3) is 3.93. The average molecular weight is 261 g/mol. The standard InChI is InChI=1S/C12H23NO3S/c1-17(14,15)12-6-2-4-10(8-12)13-9-11-5-3-7-16-11/h10-13H,2-9H2,1H3. The predicted octanol–water partition coefficient (Wildman–Crippen LogP) is 1.11. The Bertz CT molecular complexity index is 336. The zero-order valence-electron chi connectivity index (χ0n) is 10.5. The third-order valence-electron chi connectivity index (χ3n) is 3.89. The number of nitrogens with one attached hydrogen (secondary N) is 1. The van der Waals surface area contributed by atoms with E-state index in [1.54, 1.807) is 0 Å². The normalized spacial score (nSPS) is 35.0. The van der Waals surface area contributed by atoms with Gasteiger partial charge in [-0.15, -0.1) is 0 Å². The SMILES string of the molecule is CS(=O)(=O)C1CCCC(NCC2CCCO2)C1. The van der Waals surface area contributed by atoms with E-state index in [0.717, 1.165) is 51.7 Å². The van der Waals surface area contributed by atoms with Crippen molar-refractivity contribution in [3.8, 4) is 0 Å². The molecule has 2 aliphatic rings. The van der Waals surface area contributed by atoms with Crippen molar-refractivity contribution in [2.24, 2.45) is 0 Å². The Kier molecular flexibility index (Phi) is 4.44. The first-order valence-electron chi connectivity index (χ1n) is 6.59. The van der Waals surface area contributed by atoms with E-state index in [2.05, 4.69) is 5.32 Å². The first kappa shape index (κ1) is 13.3. The molecule has 3 atom stereocenters. The molecule has 0 aromatic heterocycles. The lowest BCUT2D eigenvalue weighted by Crippen LogP contribution is -2.41. The highest BCUT2D eigenvalue weighted by atomic mass is 32.2. The zero-order chi connectivity index (χ0) is 12.3. The van der Waals surface area contributed by atoms with Crippen molar-refractivity contribution in [3.63, 3.8) is 0 Å². The molecule has 2 rings (SSSR count). The van der Waals surface area contributed by atoms with E-state index < -0.39 is 9.84 Å². The lowest BCUT2D eigenvalue weighted by Gasteiger charge is -2.29. The molecule has 5 heteroatoms. The summed E-state index contributed by atoms with van der Waals surface area (Å²) in [5.74, 6) is 0. The topological polar surface area (TPSA) is 55.4 Å². The second-order valence-electron chi connectivity index (χ2n) is 5.36. The summed E-state index contributed by atoms with van der Waals surface area (Å²) in [6.07, 6.45) is 7.70. The van der Waals surface area contributed by atoms with Crippen molar-refractivity contribution in [2.75, 3.05) is 19.4 Å². The van der Waals surface area contributed by atoms with E-state index in [1.807, 2.05) is 0 Å². The van der Waals surface area contributed by atoms with Gasteiger partial charge in [0.05, 0.1) is 11.4 Å². The first-order chi connectivity index (χ1) is 8.05. The van der Waals surface area contributed by atoms with Crippen LogP contribution < -0.4 is 5.32 Å². The minimum Gasteiger partial charge on any atom is -0.377 e. The monoisotopic (exact) mass is 261 g/mol. The summed E-state index contributed by atoms with van der Waals surface area (Å²) in [4.78, 5) is 0. The van der Waals surface area contributed by atoms with E-state index in [-0.39, 0.29) is 5.25 Å². The van der Waals surface area contributed by atoms with E-state index in [9.17, 15) is 8.42 Å². The quantitative estimate of drug-likeness (QED) is 0.823. The molecule has 1 aliphatic heterocycles. The highest BCUT2D eigenvalue weighted by Crippen LogP contribution is 2.24. The van der Waals surface area contributed by atoms with Crippen LogP contribution in [-0.2, 0) is 14.6 Å². The van der Waals surface area contributed by atoms with E-state index in [4.69, 9.17) is 4.74 Å². The Balaban J connectivity index is 1.77. The van der Waals surface area contributed by atoms with Crippen molar-refractivity contribution in [2.45, 2.75) is 55.9 Å². The van der Waals surface area contributed by atoms with Gasteiger partial charge in [0.15, 0.2) is 0 Å². The number of hydrogen-bond acceptors (Lipinski definition) is 4. The molecule has 1 saturated heterocycles. The van der Waals surface area contributed by atoms with Gasteiger partial charge < -0.3 is 10.1 Å². The fraction of sp³-hybridized carbons (Fsp3) is 1.00. The van der Waals surface area contributed by atoms with Crippen LogP contribution in [0.3, 0.4) is 0 Å². The third-order valence-corrected chi connectivity index (χ3v) is 5.53. The van der Waals surface area contributed by atoms with Crippen LogP contribution in [0.5, 0.6) is 0 Å². The van der Waals surface area contributed by atoms with Crippen LogP contribution in [0.1, 0.15) is 38.5 Å². The molecule has 1 N–H and O–H groups in total. The molecule has 4 nitrogen and oxygen atoms in total. The largest absolute Gasteiger partial charge is 0.377 e. The van der Waals surface area contributed by atoms with Gasteiger partial charge in [0.25, 0.3) is 0 Å². The molecule has 0 radical (unpaired) electrons. The lowest BCUT2D eigenvalue weighted by atomic mass is 9.95. The molecule has 1 aliphatic carbocycles. The average Bonchev–Trinajstić information content (AvgIpc) is 2.78. The molecule has 1 heterocycles. The van der Waals surface area contributed by atoms with E-state index >= 15 is 0 Å². The fourth-order valence-electron chi connectivity index (χ4n) is 2.82. The van der Waals surface area contributed by atoms with Crippen molar-refractivity contribution in [3.05, 3.63) is 0 Å². The fourth-order valence-corrected chi connectivity index (χ4v) is 4.00. The number of rotatable bonds is 4. The summed E-state index contributed by atoms with van der Waals surface area (Å²) in [5, 5.41) is 3.34. The Morgan fingerprint density at radius 2 is 2.06 bits per heavy atom. The maximum atomic E-state index is 11.5. The summed E-state index contributed by atoms with van der Waals surface area (Å²) < 4.78 is 28.6. The van der Waals surface area contributed by atoms with Crippen molar-refractivity contribution in [1.29, 1.82) is 0 Å². The Hall–Kier alpha value is -0.130.